The van der Waals surface area contributed by atoms with Crippen LogP contribution in [0.3, 0.4) is 0 Å². The van der Waals surface area contributed by atoms with E-state index in [1.165, 1.54) is 6.07 Å². The van der Waals surface area contributed by atoms with Crippen molar-refractivity contribution in [3.63, 3.8) is 0 Å². The fourth-order valence-electron chi connectivity index (χ4n) is 0.684. The summed E-state index contributed by atoms with van der Waals surface area (Å²) in [6.45, 7) is 0. The summed E-state index contributed by atoms with van der Waals surface area (Å²) in [6, 6.07) is 4.62. The minimum atomic E-state index is -0.452. The van der Waals surface area contributed by atoms with Crippen molar-refractivity contribution in [3.8, 4) is 0 Å². The summed E-state index contributed by atoms with van der Waals surface area (Å²) >= 11 is 3.07. The summed E-state index contributed by atoms with van der Waals surface area (Å²) in [5.74, 6) is 0. The highest BCUT2D eigenvalue weighted by Gasteiger charge is 2.10. The molecular weight excluding hydrogens is 265 g/mol. The molecule has 64 valence electrons. The number of nitro benzene ring substituents is 1. The number of nitrogens with zero attached hydrogens (tertiary/aromatic N) is 1. The zero-order valence-corrected chi connectivity index (χ0v) is 8.82. The SMILES string of the molecule is O=[N+]([O-])c1ccc(SCl)cc1Br. The van der Waals surface area contributed by atoms with E-state index in [9.17, 15) is 10.1 Å². The Morgan fingerprint density at radius 2 is 2.25 bits per heavy atom. The maximum absolute atomic E-state index is 10.4. The van der Waals surface area contributed by atoms with Gasteiger partial charge < -0.3 is 0 Å². The van der Waals surface area contributed by atoms with Crippen LogP contribution < -0.4 is 0 Å². The summed E-state index contributed by atoms with van der Waals surface area (Å²) < 4.78 is 0.443. The third-order valence-corrected chi connectivity index (χ3v) is 2.81. The minimum absolute atomic E-state index is 0.0458. The van der Waals surface area contributed by atoms with E-state index in [2.05, 4.69) is 15.9 Å². The van der Waals surface area contributed by atoms with E-state index in [1.807, 2.05) is 0 Å². The van der Waals surface area contributed by atoms with Gasteiger partial charge >= 0.3 is 0 Å². The van der Waals surface area contributed by atoms with E-state index in [0.29, 0.717) is 4.47 Å². The second-order valence-electron chi connectivity index (χ2n) is 1.95. The average molecular weight is 269 g/mol. The molecule has 0 unspecified atom stereocenters. The van der Waals surface area contributed by atoms with E-state index in [4.69, 9.17) is 10.7 Å². The van der Waals surface area contributed by atoms with Crippen LogP contribution in [-0.4, -0.2) is 4.92 Å². The van der Waals surface area contributed by atoms with Crippen LogP contribution in [0.25, 0.3) is 0 Å². The Bertz CT molecular complexity index is 320. The largest absolute Gasteiger partial charge is 0.283 e. The summed E-state index contributed by atoms with van der Waals surface area (Å²) in [5.41, 5.74) is 0.0458. The predicted molar refractivity (Wildman–Crippen MR) is 52.5 cm³/mol. The number of benzene rings is 1. The topological polar surface area (TPSA) is 43.1 Å². The molecule has 0 aliphatic heterocycles. The van der Waals surface area contributed by atoms with Gasteiger partial charge in [0.15, 0.2) is 0 Å². The molecule has 0 atom stereocenters. The normalized spacial score (nSPS) is 9.83. The Balaban J connectivity index is 3.12. The van der Waals surface area contributed by atoms with Crippen LogP contribution in [0.15, 0.2) is 27.6 Å². The third-order valence-electron chi connectivity index (χ3n) is 1.20. The van der Waals surface area contributed by atoms with Crippen molar-refractivity contribution in [1.82, 2.24) is 0 Å². The molecule has 0 aliphatic carbocycles. The minimum Gasteiger partial charge on any atom is -0.258 e. The van der Waals surface area contributed by atoms with Crippen molar-refractivity contribution >= 4 is 43.3 Å². The van der Waals surface area contributed by atoms with Gasteiger partial charge in [-0.1, -0.05) is 0 Å². The van der Waals surface area contributed by atoms with Gasteiger partial charge in [-0.15, -0.1) is 0 Å². The molecule has 12 heavy (non-hydrogen) atoms. The van der Waals surface area contributed by atoms with E-state index < -0.39 is 4.92 Å². The zero-order chi connectivity index (χ0) is 9.14. The summed E-state index contributed by atoms with van der Waals surface area (Å²) in [7, 11) is 6.48. The number of hydrogen-bond donors (Lipinski definition) is 0. The molecule has 0 fully saturated rings. The van der Waals surface area contributed by atoms with Crippen molar-refractivity contribution in [2.75, 3.05) is 0 Å². The van der Waals surface area contributed by atoms with E-state index in [0.717, 1.165) is 15.9 Å². The average Bonchev–Trinajstić information content (AvgIpc) is 2.03. The first-order valence-corrected chi connectivity index (χ1v) is 5.31. The van der Waals surface area contributed by atoms with Gasteiger partial charge in [0.05, 0.1) is 9.40 Å². The van der Waals surface area contributed by atoms with Gasteiger partial charge in [-0.2, -0.15) is 0 Å². The van der Waals surface area contributed by atoms with Gasteiger partial charge in [0.2, 0.25) is 0 Å². The molecule has 0 aliphatic rings. The second kappa shape index (κ2) is 4.11. The van der Waals surface area contributed by atoms with Crippen molar-refractivity contribution in [1.29, 1.82) is 0 Å². The lowest BCUT2D eigenvalue weighted by Gasteiger charge is -1.96. The van der Waals surface area contributed by atoms with Crippen molar-refractivity contribution < 1.29 is 4.92 Å². The van der Waals surface area contributed by atoms with Crippen LogP contribution in [0.5, 0.6) is 0 Å². The van der Waals surface area contributed by atoms with Crippen LogP contribution in [0.1, 0.15) is 0 Å². The van der Waals surface area contributed by atoms with Gasteiger partial charge in [-0.05, 0) is 49.7 Å². The Labute approximate surface area is 85.9 Å². The molecule has 1 aromatic rings. The molecule has 0 N–H and O–H groups in total. The molecular formula is C6H3BrClNO2S. The van der Waals surface area contributed by atoms with Crippen LogP contribution in [0, 0.1) is 10.1 Å². The highest BCUT2D eigenvalue weighted by molar-refractivity contribution is 9.10. The lowest BCUT2D eigenvalue weighted by atomic mass is 10.3. The standard InChI is InChI=1S/C6H3BrClNO2S/c7-5-3-4(12-8)1-2-6(5)9(10)11/h1-3H. The highest BCUT2D eigenvalue weighted by Crippen LogP contribution is 2.31. The Morgan fingerprint density at radius 3 is 2.67 bits per heavy atom. The third kappa shape index (κ3) is 2.12. The summed E-state index contributed by atoms with van der Waals surface area (Å²) in [5, 5.41) is 10.4. The summed E-state index contributed by atoms with van der Waals surface area (Å²) in [6.07, 6.45) is 0. The Morgan fingerprint density at radius 1 is 1.58 bits per heavy atom. The van der Waals surface area contributed by atoms with Gasteiger partial charge in [0.1, 0.15) is 0 Å². The van der Waals surface area contributed by atoms with Gasteiger partial charge in [0.25, 0.3) is 5.69 Å². The van der Waals surface area contributed by atoms with E-state index in [-0.39, 0.29) is 5.69 Å². The molecule has 0 saturated heterocycles. The maximum atomic E-state index is 10.4. The van der Waals surface area contributed by atoms with Crippen molar-refractivity contribution in [2.24, 2.45) is 0 Å². The maximum Gasteiger partial charge on any atom is 0.283 e. The molecule has 1 aromatic carbocycles. The Hall–Kier alpha value is -0.260. The molecule has 0 heterocycles. The number of nitro groups is 1. The Kier molecular flexibility index (Phi) is 3.37. The number of hydrogen-bond acceptors (Lipinski definition) is 3. The molecule has 1 rings (SSSR count). The molecule has 6 heteroatoms. The van der Waals surface area contributed by atoms with Crippen LogP contribution in [0.2, 0.25) is 0 Å². The monoisotopic (exact) mass is 267 g/mol. The molecule has 0 bridgehead atoms. The first-order chi connectivity index (χ1) is 5.65. The number of rotatable bonds is 2. The molecule has 0 spiro atoms. The van der Waals surface area contributed by atoms with Crippen LogP contribution in [0.4, 0.5) is 5.69 Å². The van der Waals surface area contributed by atoms with E-state index >= 15 is 0 Å². The first-order valence-electron chi connectivity index (χ1n) is 2.87. The fourth-order valence-corrected chi connectivity index (χ4v) is 1.93. The molecule has 0 saturated carbocycles. The quantitative estimate of drug-likeness (QED) is 0.608. The first kappa shape index (κ1) is 9.83. The fraction of sp³-hybridized carbons (Fsp3) is 0. The van der Waals surface area contributed by atoms with Gasteiger partial charge in [0, 0.05) is 11.0 Å². The predicted octanol–water partition coefficient (Wildman–Crippen LogP) is 3.60. The van der Waals surface area contributed by atoms with E-state index in [1.54, 1.807) is 12.1 Å². The second-order valence-corrected chi connectivity index (χ2v) is 3.89. The van der Waals surface area contributed by atoms with Crippen molar-refractivity contribution in [2.45, 2.75) is 4.90 Å². The zero-order valence-electron chi connectivity index (χ0n) is 5.66. The van der Waals surface area contributed by atoms with Crippen molar-refractivity contribution in [3.05, 3.63) is 32.8 Å². The molecule has 0 amide bonds. The molecule has 3 nitrogen and oxygen atoms in total. The highest BCUT2D eigenvalue weighted by atomic mass is 79.9. The summed E-state index contributed by atoms with van der Waals surface area (Å²) in [4.78, 5) is 10.7. The van der Waals surface area contributed by atoms with Gasteiger partial charge in [-0.3, -0.25) is 10.1 Å². The molecule has 0 aromatic heterocycles. The smallest absolute Gasteiger partial charge is 0.258 e. The lowest BCUT2D eigenvalue weighted by molar-refractivity contribution is -0.385. The van der Waals surface area contributed by atoms with Crippen LogP contribution >= 0.6 is 37.6 Å². The number of halogens is 2. The molecule has 0 radical (unpaired) electrons. The van der Waals surface area contributed by atoms with Crippen LogP contribution in [-0.2, 0) is 0 Å². The lowest BCUT2D eigenvalue weighted by Crippen LogP contribution is -1.88. The van der Waals surface area contributed by atoms with Gasteiger partial charge in [-0.25, -0.2) is 0 Å².